The van der Waals surface area contributed by atoms with Gasteiger partial charge in [0.1, 0.15) is 0 Å². The molecule has 1 heterocycles. The summed E-state index contributed by atoms with van der Waals surface area (Å²) < 4.78 is 0. The minimum absolute atomic E-state index is 0.741. The zero-order chi connectivity index (χ0) is 9.97. The van der Waals surface area contributed by atoms with Gasteiger partial charge in [0.2, 0.25) is 0 Å². The molecule has 0 amide bonds. The Labute approximate surface area is 93.7 Å². The number of halogens is 2. The molecule has 1 aliphatic heterocycles. The van der Waals surface area contributed by atoms with Crippen LogP contribution in [0.3, 0.4) is 0 Å². The van der Waals surface area contributed by atoms with Crippen molar-refractivity contribution in [1.82, 2.24) is 5.32 Å². The standard InChI is InChI=1S/C11H11Cl2N/c12-9-2-1-3-10(13)11(9)8-4-6-14-7-5-8/h1-4,14H,5-7H2. The van der Waals surface area contributed by atoms with E-state index in [1.165, 1.54) is 5.57 Å². The van der Waals surface area contributed by atoms with Crippen molar-refractivity contribution >= 4 is 28.8 Å². The van der Waals surface area contributed by atoms with Gasteiger partial charge in [0, 0.05) is 22.2 Å². The Balaban J connectivity index is 2.44. The van der Waals surface area contributed by atoms with Crippen LogP contribution in [0.15, 0.2) is 24.3 Å². The molecule has 0 spiro atoms. The second kappa shape index (κ2) is 4.35. The Morgan fingerprint density at radius 3 is 2.43 bits per heavy atom. The first-order valence-electron chi connectivity index (χ1n) is 4.63. The number of hydrogen-bond donors (Lipinski definition) is 1. The zero-order valence-electron chi connectivity index (χ0n) is 7.69. The van der Waals surface area contributed by atoms with E-state index in [0.29, 0.717) is 0 Å². The molecule has 14 heavy (non-hydrogen) atoms. The highest BCUT2D eigenvalue weighted by Gasteiger charge is 2.12. The smallest absolute Gasteiger partial charge is 0.0496 e. The van der Waals surface area contributed by atoms with Crippen molar-refractivity contribution in [2.75, 3.05) is 13.1 Å². The highest BCUT2D eigenvalue weighted by atomic mass is 35.5. The molecule has 1 N–H and O–H groups in total. The lowest BCUT2D eigenvalue weighted by atomic mass is 10.0. The number of hydrogen-bond acceptors (Lipinski definition) is 1. The van der Waals surface area contributed by atoms with Gasteiger partial charge in [0.05, 0.1) is 0 Å². The Kier molecular flexibility index (Phi) is 3.12. The molecule has 0 saturated carbocycles. The van der Waals surface area contributed by atoms with Crippen LogP contribution in [-0.4, -0.2) is 13.1 Å². The first-order valence-corrected chi connectivity index (χ1v) is 5.39. The molecule has 0 saturated heterocycles. The molecule has 0 bridgehead atoms. The molecule has 74 valence electrons. The van der Waals surface area contributed by atoms with Gasteiger partial charge in [-0.15, -0.1) is 0 Å². The third-order valence-corrected chi connectivity index (χ3v) is 2.98. The van der Waals surface area contributed by atoms with E-state index < -0.39 is 0 Å². The van der Waals surface area contributed by atoms with Crippen LogP contribution in [0.4, 0.5) is 0 Å². The molecule has 0 unspecified atom stereocenters. The van der Waals surface area contributed by atoms with Gasteiger partial charge >= 0.3 is 0 Å². The fourth-order valence-corrected chi connectivity index (χ4v) is 2.29. The van der Waals surface area contributed by atoms with E-state index in [-0.39, 0.29) is 0 Å². The second-order valence-electron chi connectivity index (χ2n) is 3.28. The van der Waals surface area contributed by atoms with Crippen molar-refractivity contribution < 1.29 is 0 Å². The number of rotatable bonds is 1. The summed E-state index contributed by atoms with van der Waals surface area (Å²) in [6.45, 7) is 1.89. The highest BCUT2D eigenvalue weighted by molar-refractivity contribution is 6.37. The molecule has 2 rings (SSSR count). The van der Waals surface area contributed by atoms with Crippen LogP contribution in [-0.2, 0) is 0 Å². The van der Waals surface area contributed by atoms with Gasteiger partial charge in [-0.3, -0.25) is 0 Å². The quantitative estimate of drug-likeness (QED) is 0.776. The molecule has 0 fully saturated rings. The molecular formula is C11H11Cl2N. The Morgan fingerprint density at radius 2 is 1.86 bits per heavy atom. The van der Waals surface area contributed by atoms with Crippen molar-refractivity contribution in [3.05, 3.63) is 39.9 Å². The van der Waals surface area contributed by atoms with Crippen LogP contribution in [0.5, 0.6) is 0 Å². The molecular weight excluding hydrogens is 217 g/mol. The van der Waals surface area contributed by atoms with Crippen molar-refractivity contribution in [2.45, 2.75) is 6.42 Å². The summed E-state index contributed by atoms with van der Waals surface area (Å²) in [6, 6.07) is 5.63. The molecule has 1 nitrogen and oxygen atoms in total. The Hall–Kier alpha value is -0.500. The average Bonchev–Trinajstić information content (AvgIpc) is 2.19. The van der Waals surface area contributed by atoms with E-state index in [1.54, 1.807) is 0 Å². The van der Waals surface area contributed by atoms with E-state index in [2.05, 4.69) is 11.4 Å². The third kappa shape index (κ3) is 1.95. The van der Waals surface area contributed by atoms with Gasteiger partial charge in [0.25, 0.3) is 0 Å². The lowest BCUT2D eigenvalue weighted by Gasteiger charge is -2.16. The largest absolute Gasteiger partial charge is 0.313 e. The fourth-order valence-electron chi connectivity index (χ4n) is 1.65. The van der Waals surface area contributed by atoms with Gasteiger partial charge in [-0.05, 0) is 30.7 Å². The second-order valence-corrected chi connectivity index (χ2v) is 4.09. The van der Waals surface area contributed by atoms with Gasteiger partial charge < -0.3 is 5.32 Å². The monoisotopic (exact) mass is 227 g/mol. The van der Waals surface area contributed by atoms with E-state index >= 15 is 0 Å². The van der Waals surface area contributed by atoms with Crippen LogP contribution < -0.4 is 5.32 Å². The predicted molar refractivity (Wildman–Crippen MR) is 61.9 cm³/mol. The summed E-state index contributed by atoms with van der Waals surface area (Å²) in [6.07, 6.45) is 3.14. The molecule has 0 aliphatic carbocycles. The summed E-state index contributed by atoms with van der Waals surface area (Å²) in [7, 11) is 0. The zero-order valence-corrected chi connectivity index (χ0v) is 9.20. The van der Waals surface area contributed by atoms with E-state index in [0.717, 1.165) is 35.1 Å². The fraction of sp³-hybridized carbons (Fsp3) is 0.273. The van der Waals surface area contributed by atoms with E-state index in [9.17, 15) is 0 Å². The van der Waals surface area contributed by atoms with Gasteiger partial charge in [-0.25, -0.2) is 0 Å². The third-order valence-electron chi connectivity index (χ3n) is 2.35. The SMILES string of the molecule is Clc1cccc(Cl)c1C1=CCNCC1. The maximum Gasteiger partial charge on any atom is 0.0496 e. The Bertz CT molecular complexity index is 351. The van der Waals surface area contributed by atoms with Crippen LogP contribution in [0, 0.1) is 0 Å². The minimum Gasteiger partial charge on any atom is -0.313 e. The van der Waals surface area contributed by atoms with Gasteiger partial charge in [-0.2, -0.15) is 0 Å². The van der Waals surface area contributed by atoms with Gasteiger partial charge in [0.15, 0.2) is 0 Å². The normalized spacial score (nSPS) is 16.6. The van der Waals surface area contributed by atoms with Crippen molar-refractivity contribution in [3.8, 4) is 0 Å². The maximum absolute atomic E-state index is 6.12. The van der Waals surface area contributed by atoms with Gasteiger partial charge in [-0.1, -0.05) is 35.3 Å². The molecule has 0 atom stereocenters. The number of nitrogens with one attached hydrogen (secondary N) is 1. The molecule has 0 radical (unpaired) electrons. The summed E-state index contributed by atoms with van der Waals surface area (Å²) in [5.74, 6) is 0. The van der Waals surface area contributed by atoms with Crippen LogP contribution >= 0.6 is 23.2 Å². The molecule has 1 aliphatic rings. The first kappa shape index (κ1) is 10.0. The highest BCUT2D eigenvalue weighted by Crippen LogP contribution is 2.33. The summed E-state index contributed by atoms with van der Waals surface area (Å²) in [5, 5.41) is 4.74. The van der Waals surface area contributed by atoms with Crippen molar-refractivity contribution in [1.29, 1.82) is 0 Å². The molecule has 3 heteroatoms. The maximum atomic E-state index is 6.12. The van der Waals surface area contributed by atoms with E-state index in [4.69, 9.17) is 23.2 Å². The Morgan fingerprint density at radius 1 is 1.14 bits per heavy atom. The summed E-state index contributed by atoms with van der Waals surface area (Å²) in [4.78, 5) is 0. The van der Waals surface area contributed by atoms with Crippen LogP contribution in [0.2, 0.25) is 10.0 Å². The first-order chi connectivity index (χ1) is 6.79. The summed E-state index contributed by atoms with van der Waals surface area (Å²) in [5.41, 5.74) is 2.25. The van der Waals surface area contributed by atoms with Crippen LogP contribution in [0.25, 0.3) is 5.57 Å². The summed E-state index contributed by atoms with van der Waals surface area (Å²) >= 11 is 12.2. The van der Waals surface area contributed by atoms with Crippen LogP contribution in [0.1, 0.15) is 12.0 Å². The molecule has 1 aromatic rings. The topological polar surface area (TPSA) is 12.0 Å². The van der Waals surface area contributed by atoms with Crippen molar-refractivity contribution in [3.63, 3.8) is 0 Å². The average molecular weight is 228 g/mol. The lowest BCUT2D eigenvalue weighted by molar-refractivity contribution is 0.738. The number of benzene rings is 1. The van der Waals surface area contributed by atoms with E-state index in [1.807, 2.05) is 18.2 Å². The van der Waals surface area contributed by atoms with Crippen molar-refractivity contribution in [2.24, 2.45) is 0 Å². The minimum atomic E-state index is 0.741. The predicted octanol–water partition coefficient (Wildman–Crippen LogP) is 3.37. The molecule has 0 aromatic heterocycles. The lowest BCUT2D eigenvalue weighted by Crippen LogP contribution is -2.20. The molecule has 1 aromatic carbocycles.